The maximum absolute atomic E-state index is 4.40. The largest absolute Gasteiger partial charge is 0.317 e. The van der Waals surface area contributed by atoms with Crippen molar-refractivity contribution in [2.75, 3.05) is 7.05 Å². The molecule has 0 bridgehead atoms. The van der Waals surface area contributed by atoms with Crippen LogP contribution in [0.2, 0.25) is 0 Å². The number of hydrogen-bond donors (Lipinski definition) is 1. The number of rotatable bonds is 2. The van der Waals surface area contributed by atoms with Gasteiger partial charge in [0.05, 0.1) is 5.69 Å². The lowest BCUT2D eigenvalue weighted by Gasteiger charge is -2.42. The average molecular weight is 193 g/mol. The van der Waals surface area contributed by atoms with E-state index in [2.05, 4.69) is 30.5 Å². The monoisotopic (exact) mass is 193 g/mol. The van der Waals surface area contributed by atoms with E-state index in [0.29, 0.717) is 12.0 Å². The summed E-state index contributed by atoms with van der Waals surface area (Å²) >= 11 is 0. The maximum Gasteiger partial charge on any atom is 0.0628 e. The molecule has 0 saturated heterocycles. The Morgan fingerprint density at radius 2 is 2.29 bits per heavy atom. The van der Waals surface area contributed by atoms with E-state index >= 15 is 0 Å². The second-order valence-corrected chi connectivity index (χ2v) is 4.44. The molecule has 1 heterocycles. The Hall–Kier alpha value is -0.830. The zero-order chi connectivity index (χ0) is 10.3. The summed E-state index contributed by atoms with van der Waals surface area (Å²) in [5, 5.41) is 7.75. The van der Waals surface area contributed by atoms with Gasteiger partial charge in [-0.2, -0.15) is 5.10 Å². The van der Waals surface area contributed by atoms with Crippen LogP contribution in [0.25, 0.3) is 0 Å². The van der Waals surface area contributed by atoms with E-state index in [9.17, 15) is 0 Å². The van der Waals surface area contributed by atoms with E-state index in [1.165, 1.54) is 17.7 Å². The van der Waals surface area contributed by atoms with E-state index in [1.54, 1.807) is 0 Å². The molecule has 0 spiro atoms. The van der Waals surface area contributed by atoms with E-state index < -0.39 is 0 Å². The van der Waals surface area contributed by atoms with Gasteiger partial charge in [-0.15, -0.1) is 0 Å². The number of hydrogen-bond acceptors (Lipinski definition) is 2. The highest BCUT2D eigenvalue weighted by molar-refractivity contribution is 5.25. The maximum atomic E-state index is 4.40. The highest BCUT2D eigenvalue weighted by Gasteiger charge is 2.38. The molecule has 3 heteroatoms. The van der Waals surface area contributed by atoms with Gasteiger partial charge in [0.15, 0.2) is 0 Å². The van der Waals surface area contributed by atoms with Gasteiger partial charge in [0.1, 0.15) is 0 Å². The average Bonchev–Trinajstić information content (AvgIpc) is 2.44. The molecule has 3 nitrogen and oxygen atoms in total. The molecule has 78 valence electrons. The van der Waals surface area contributed by atoms with Crippen LogP contribution in [0, 0.1) is 12.8 Å². The summed E-state index contributed by atoms with van der Waals surface area (Å²) in [6, 6.07) is 0.694. The van der Waals surface area contributed by atoms with Gasteiger partial charge in [0.2, 0.25) is 0 Å². The first-order valence-electron chi connectivity index (χ1n) is 5.31. The van der Waals surface area contributed by atoms with Gasteiger partial charge < -0.3 is 5.32 Å². The van der Waals surface area contributed by atoms with Crippen LogP contribution in [0.3, 0.4) is 0 Å². The predicted molar refractivity (Wildman–Crippen MR) is 57.3 cm³/mol. The Morgan fingerprint density at radius 3 is 2.71 bits per heavy atom. The number of nitrogens with zero attached hydrogens (tertiary/aromatic N) is 2. The zero-order valence-corrected chi connectivity index (χ0v) is 9.41. The number of aromatic nitrogens is 2. The molecule has 3 unspecified atom stereocenters. The lowest BCUT2D eigenvalue weighted by Crippen LogP contribution is -2.46. The molecule has 1 aliphatic rings. The van der Waals surface area contributed by atoms with Crippen LogP contribution < -0.4 is 5.32 Å². The van der Waals surface area contributed by atoms with Crippen molar-refractivity contribution >= 4 is 0 Å². The molecule has 0 amide bonds. The molecule has 14 heavy (non-hydrogen) atoms. The standard InChI is InChI=1S/C11H19N3/c1-7-9(5-11(7)12-3)10-6-14(4)13-8(10)2/h6-7,9,11-12H,5H2,1-4H3. The van der Waals surface area contributed by atoms with Gasteiger partial charge in [-0.05, 0) is 37.8 Å². The molecule has 1 N–H and O–H groups in total. The van der Waals surface area contributed by atoms with Crippen molar-refractivity contribution in [1.82, 2.24) is 15.1 Å². The summed E-state index contributed by atoms with van der Waals surface area (Å²) in [7, 11) is 4.04. The quantitative estimate of drug-likeness (QED) is 0.770. The van der Waals surface area contributed by atoms with Crippen LogP contribution in [-0.2, 0) is 7.05 Å². The third-order valence-electron chi connectivity index (χ3n) is 3.60. The van der Waals surface area contributed by atoms with Crippen LogP contribution in [0.4, 0.5) is 0 Å². The topological polar surface area (TPSA) is 29.9 Å². The normalized spacial score (nSPS) is 31.6. The summed E-state index contributed by atoms with van der Waals surface area (Å²) in [5.74, 6) is 1.45. The van der Waals surface area contributed by atoms with Crippen LogP contribution in [0.5, 0.6) is 0 Å². The molecule has 3 atom stereocenters. The number of nitrogens with one attached hydrogen (secondary N) is 1. The Morgan fingerprint density at radius 1 is 1.57 bits per heavy atom. The SMILES string of the molecule is CNC1CC(c2cn(C)nc2C)C1C. The summed E-state index contributed by atoms with van der Waals surface area (Å²) < 4.78 is 1.92. The summed E-state index contributed by atoms with van der Waals surface area (Å²) in [4.78, 5) is 0. The second kappa shape index (κ2) is 3.39. The molecule has 0 aliphatic heterocycles. The molecule has 1 saturated carbocycles. The molecule has 1 fully saturated rings. The molecule has 0 radical (unpaired) electrons. The third kappa shape index (κ3) is 1.36. The first kappa shape index (κ1) is 9.71. The fourth-order valence-electron chi connectivity index (χ4n) is 2.56. The second-order valence-electron chi connectivity index (χ2n) is 4.44. The summed E-state index contributed by atoms with van der Waals surface area (Å²) in [6.45, 7) is 4.43. The Balaban J connectivity index is 2.14. The molecular weight excluding hydrogens is 174 g/mol. The Labute approximate surface area is 85.5 Å². The van der Waals surface area contributed by atoms with Crippen molar-refractivity contribution in [2.24, 2.45) is 13.0 Å². The van der Waals surface area contributed by atoms with E-state index in [4.69, 9.17) is 0 Å². The smallest absolute Gasteiger partial charge is 0.0628 e. The van der Waals surface area contributed by atoms with Crippen molar-refractivity contribution in [3.8, 4) is 0 Å². The van der Waals surface area contributed by atoms with E-state index in [-0.39, 0.29) is 0 Å². The highest BCUT2D eigenvalue weighted by Crippen LogP contribution is 2.43. The van der Waals surface area contributed by atoms with Crippen LogP contribution in [0.15, 0.2) is 6.20 Å². The first-order valence-corrected chi connectivity index (χ1v) is 5.31. The first-order chi connectivity index (χ1) is 6.63. The minimum absolute atomic E-state index is 0.694. The lowest BCUT2D eigenvalue weighted by molar-refractivity contribution is 0.193. The zero-order valence-electron chi connectivity index (χ0n) is 9.41. The minimum atomic E-state index is 0.694. The number of aryl methyl sites for hydroxylation is 2. The van der Waals surface area contributed by atoms with Crippen molar-refractivity contribution in [2.45, 2.75) is 32.2 Å². The predicted octanol–water partition coefficient (Wildman–Crippen LogP) is 1.44. The van der Waals surface area contributed by atoms with Crippen LogP contribution in [0.1, 0.15) is 30.5 Å². The third-order valence-corrected chi connectivity index (χ3v) is 3.60. The molecule has 2 rings (SSSR count). The Bertz CT molecular complexity index is 329. The van der Waals surface area contributed by atoms with Crippen molar-refractivity contribution in [3.05, 3.63) is 17.5 Å². The molecule has 1 aromatic rings. The fourth-order valence-corrected chi connectivity index (χ4v) is 2.56. The minimum Gasteiger partial charge on any atom is -0.317 e. The molecular formula is C11H19N3. The van der Waals surface area contributed by atoms with Gasteiger partial charge in [0.25, 0.3) is 0 Å². The van der Waals surface area contributed by atoms with E-state index in [1.807, 2.05) is 18.8 Å². The summed E-state index contributed by atoms with van der Waals surface area (Å²) in [6.07, 6.45) is 3.42. The molecule has 1 aromatic heterocycles. The van der Waals surface area contributed by atoms with Gasteiger partial charge in [0, 0.05) is 19.3 Å². The van der Waals surface area contributed by atoms with Crippen molar-refractivity contribution in [1.29, 1.82) is 0 Å². The van der Waals surface area contributed by atoms with Gasteiger partial charge >= 0.3 is 0 Å². The van der Waals surface area contributed by atoms with Gasteiger partial charge in [-0.3, -0.25) is 4.68 Å². The van der Waals surface area contributed by atoms with Gasteiger partial charge in [-0.25, -0.2) is 0 Å². The Kier molecular flexibility index (Phi) is 2.35. The van der Waals surface area contributed by atoms with Crippen LogP contribution >= 0.6 is 0 Å². The fraction of sp³-hybridized carbons (Fsp3) is 0.727. The van der Waals surface area contributed by atoms with Crippen molar-refractivity contribution in [3.63, 3.8) is 0 Å². The molecule has 0 aromatic carbocycles. The molecule has 1 aliphatic carbocycles. The lowest BCUT2D eigenvalue weighted by atomic mass is 9.67. The highest BCUT2D eigenvalue weighted by atomic mass is 15.2. The summed E-state index contributed by atoms with van der Waals surface area (Å²) in [5.41, 5.74) is 2.63. The van der Waals surface area contributed by atoms with Crippen LogP contribution in [-0.4, -0.2) is 22.9 Å². The van der Waals surface area contributed by atoms with E-state index in [0.717, 1.165) is 5.92 Å². The van der Waals surface area contributed by atoms with Gasteiger partial charge in [-0.1, -0.05) is 6.92 Å². The van der Waals surface area contributed by atoms with Crippen molar-refractivity contribution < 1.29 is 0 Å².